The summed E-state index contributed by atoms with van der Waals surface area (Å²) < 4.78 is 3.66. The Morgan fingerprint density at radius 1 is 1.16 bits per heavy atom. The Labute approximate surface area is 190 Å². The largest absolute Gasteiger partial charge is 0.348 e. The van der Waals surface area contributed by atoms with Crippen molar-refractivity contribution in [1.29, 1.82) is 0 Å². The fraction of sp³-hybridized carbons (Fsp3) is 0.667. The average molecular weight is 441 g/mol. The molecule has 0 spiro atoms. The summed E-state index contributed by atoms with van der Waals surface area (Å²) in [6, 6.07) is 2.12. The molecule has 2 aromatic heterocycles. The van der Waals surface area contributed by atoms with Crippen molar-refractivity contribution in [3.63, 3.8) is 0 Å². The van der Waals surface area contributed by atoms with E-state index in [0.29, 0.717) is 36.8 Å². The van der Waals surface area contributed by atoms with E-state index in [1.807, 2.05) is 22.7 Å². The van der Waals surface area contributed by atoms with E-state index in [0.717, 1.165) is 49.2 Å². The lowest BCUT2D eigenvalue weighted by Crippen LogP contribution is -2.38. The van der Waals surface area contributed by atoms with Gasteiger partial charge >= 0.3 is 0 Å². The van der Waals surface area contributed by atoms with Crippen molar-refractivity contribution < 1.29 is 9.59 Å². The van der Waals surface area contributed by atoms with Gasteiger partial charge in [0.2, 0.25) is 0 Å². The summed E-state index contributed by atoms with van der Waals surface area (Å²) in [5.74, 6) is 0.535. The van der Waals surface area contributed by atoms with Crippen molar-refractivity contribution in [2.45, 2.75) is 84.8 Å². The average Bonchev–Trinajstić information content (AvgIpc) is 3.46. The van der Waals surface area contributed by atoms with Crippen molar-refractivity contribution in [2.24, 2.45) is 13.0 Å². The number of nitrogens with zero attached hydrogens (tertiary/aromatic N) is 5. The molecule has 0 bridgehead atoms. The van der Waals surface area contributed by atoms with E-state index < -0.39 is 0 Å². The normalized spacial score (nSPS) is 16.8. The van der Waals surface area contributed by atoms with Crippen LogP contribution < -0.4 is 5.32 Å². The Morgan fingerprint density at radius 3 is 2.50 bits per heavy atom. The van der Waals surface area contributed by atoms with Gasteiger partial charge in [-0.15, -0.1) is 0 Å². The molecule has 2 aliphatic rings. The first kappa shape index (κ1) is 22.6. The highest BCUT2D eigenvalue weighted by molar-refractivity contribution is 5.95. The standard InChI is InChI=1S/C24H36N6O2/c1-15(2)13-30-20-10-11-29(24(32)21-12-19(16(3)4)26-28(21)5)14-18(20)22(27-30)23(31)25-17-8-6-7-9-17/h12,15-17H,6-11,13-14H2,1-5H3,(H,25,31). The van der Waals surface area contributed by atoms with Crippen LogP contribution in [0, 0.1) is 5.92 Å². The lowest BCUT2D eigenvalue weighted by Gasteiger charge is -2.28. The molecule has 1 saturated carbocycles. The van der Waals surface area contributed by atoms with Gasteiger partial charge in [-0.05, 0) is 30.7 Å². The maximum absolute atomic E-state index is 13.3. The number of amides is 2. The molecule has 2 amide bonds. The minimum Gasteiger partial charge on any atom is -0.348 e. The highest BCUT2D eigenvalue weighted by Gasteiger charge is 2.32. The monoisotopic (exact) mass is 440 g/mol. The third-order valence-electron chi connectivity index (χ3n) is 6.57. The predicted molar refractivity (Wildman–Crippen MR) is 123 cm³/mol. The molecule has 0 unspecified atom stereocenters. The van der Waals surface area contributed by atoms with Crippen LogP contribution in [0.2, 0.25) is 0 Å². The zero-order valence-electron chi connectivity index (χ0n) is 20.0. The summed E-state index contributed by atoms with van der Waals surface area (Å²) in [4.78, 5) is 28.3. The lowest BCUT2D eigenvalue weighted by molar-refractivity contribution is 0.0719. The zero-order valence-corrected chi connectivity index (χ0v) is 20.0. The molecule has 32 heavy (non-hydrogen) atoms. The number of fused-ring (bicyclic) bond motifs is 1. The van der Waals surface area contributed by atoms with Crippen molar-refractivity contribution in [3.05, 3.63) is 34.4 Å². The molecule has 4 rings (SSSR count). The summed E-state index contributed by atoms with van der Waals surface area (Å²) in [6.07, 6.45) is 5.09. The maximum atomic E-state index is 13.3. The summed E-state index contributed by atoms with van der Waals surface area (Å²) in [5, 5.41) is 12.4. The Hall–Kier alpha value is -2.64. The number of nitrogens with one attached hydrogen (secondary N) is 1. The van der Waals surface area contributed by atoms with Gasteiger partial charge in [0.1, 0.15) is 5.69 Å². The third-order valence-corrected chi connectivity index (χ3v) is 6.57. The molecule has 3 heterocycles. The molecule has 0 atom stereocenters. The Bertz CT molecular complexity index is 997. The van der Waals surface area contributed by atoms with Crippen LogP contribution in [0.5, 0.6) is 0 Å². The highest BCUT2D eigenvalue weighted by atomic mass is 16.2. The van der Waals surface area contributed by atoms with Gasteiger partial charge < -0.3 is 10.2 Å². The fourth-order valence-electron chi connectivity index (χ4n) is 4.80. The fourth-order valence-corrected chi connectivity index (χ4v) is 4.80. The van der Waals surface area contributed by atoms with Gasteiger partial charge in [0.15, 0.2) is 5.69 Å². The molecule has 0 saturated heterocycles. The van der Waals surface area contributed by atoms with Gasteiger partial charge in [0.25, 0.3) is 11.8 Å². The predicted octanol–water partition coefficient (Wildman–Crippen LogP) is 3.27. The Kier molecular flexibility index (Phi) is 6.40. The lowest BCUT2D eigenvalue weighted by atomic mass is 10.0. The van der Waals surface area contributed by atoms with Gasteiger partial charge in [-0.2, -0.15) is 10.2 Å². The topological polar surface area (TPSA) is 85.1 Å². The van der Waals surface area contributed by atoms with E-state index in [-0.39, 0.29) is 23.8 Å². The van der Waals surface area contributed by atoms with E-state index in [1.165, 1.54) is 0 Å². The minimum absolute atomic E-state index is 0.0451. The molecule has 0 aromatic carbocycles. The highest BCUT2D eigenvalue weighted by Crippen LogP contribution is 2.26. The van der Waals surface area contributed by atoms with Gasteiger partial charge in [0, 0.05) is 43.9 Å². The van der Waals surface area contributed by atoms with E-state index in [4.69, 9.17) is 5.10 Å². The van der Waals surface area contributed by atoms with E-state index >= 15 is 0 Å². The van der Waals surface area contributed by atoms with Crippen LogP contribution in [0.3, 0.4) is 0 Å². The summed E-state index contributed by atoms with van der Waals surface area (Å²) >= 11 is 0. The van der Waals surface area contributed by atoms with Crippen LogP contribution >= 0.6 is 0 Å². The second-order valence-electron chi connectivity index (χ2n) is 10.0. The second-order valence-corrected chi connectivity index (χ2v) is 10.0. The van der Waals surface area contributed by atoms with E-state index in [2.05, 4.69) is 38.1 Å². The molecule has 8 nitrogen and oxygen atoms in total. The minimum atomic E-state index is -0.104. The van der Waals surface area contributed by atoms with Crippen LogP contribution in [-0.2, 0) is 26.6 Å². The number of aryl methyl sites for hydroxylation is 1. The first-order valence-corrected chi connectivity index (χ1v) is 12.0. The summed E-state index contributed by atoms with van der Waals surface area (Å²) in [5.41, 5.74) is 3.97. The molecule has 2 aromatic rings. The van der Waals surface area contributed by atoms with Crippen molar-refractivity contribution in [1.82, 2.24) is 29.8 Å². The first-order valence-electron chi connectivity index (χ1n) is 12.0. The van der Waals surface area contributed by atoms with Crippen molar-refractivity contribution in [3.8, 4) is 0 Å². The molecular weight excluding hydrogens is 404 g/mol. The quantitative estimate of drug-likeness (QED) is 0.747. The molecule has 174 valence electrons. The molecule has 1 N–H and O–H groups in total. The Balaban J connectivity index is 1.61. The maximum Gasteiger partial charge on any atom is 0.272 e. The first-order chi connectivity index (χ1) is 15.2. The molecule has 8 heteroatoms. The molecule has 1 aliphatic carbocycles. The number of carbonyl (C=O) groups is 2. The van der Waals surface area contributed by atoms with Crippen LogP contribution in [0.15, 0.2) is 6.07 Å². The van der Waals surface area contributed by atoms with Gasteiger partial charge in [0.05, 0.1) is 12.2 Å². The third kappa shape index (κ3) is 4.45. The number of rotatable bonds is 6. The second kappa shape index (κ2) is 9.08. The smallest absolute Gasteiger partial charge is 0.272 e. The molecule has 0 radical (unpaired) electrons. The van der Waals surface area contributed by atoms with Gasteiger partial charge in [-0.3, -0.25) is 19.0 Å². The van der Waals surface area contributed by atoms with Crippen LogP contribution in [-0.4, -0.2) is 48.9 Å². The van der Waals surface area contributed by atoms with Crippen LogP contribution in [0.25, 0.3) is 0 Å². The zero-order chi connectivity index (χ0) is 23.0. The summed E-state index contributed by atoms with van der Waals surface area (Å²) in [7, 11) is 1.82. The molecule has 1 aliphatic heterocycles. The van der Waals surface area contributed by atoms with E-state index in [1.54, 1.807) is 4.68 Å². The number of carbonyl (C=O) groups excluding carboxylic acids is 2. The van der Waals surface area contributed by atoms with Crippen molar-refractivity contribution >= 4 is 11.8 Å². The van der Waals surface area contributed by atoms with Crippen LogP contribution in [0.1, 0.15) is 97.2 Å². The molecule has 1 fully saturated rings. The van der Waals surface area contributed by atoms with Gasteiger partial charge in [-0.25, -0.2) is 0 Å². The Morgan fingerprint density at radius 2 is 1.88 bits per heavy atom. The number of aromatic nitrogens is 4. The molecular formula is C24H36N6O2. The summed E-state index contributed by atoms with van der Waals surface area (Å²) in [6.45, 7) is 10.2. The van der Waals surface area contributed by atoms with Gasteiger partial charge in [-0.1, -0.05) is 40.5 Å². The number of hydrogen-bond acceptors (Lipinski definition) is 4. The number of hydrogen-bond donors (Lipinski definition) is 1. The van der Waals surface area contributed by atoms with Crippen molar-refractivity contribution in [2.75, 3.05) is 6.54 Å². The van der Waals surface area contributed by atoms with E-state index in [9.17, 15) is 9.59 Å². The SMILES string of the molecule is CC(C)Cn1nc(C(=O)NC2CCCC2)c2c1CCN(C(=O)c1cc(C(C)C)nn1C)C2. The van der Waals surface area contributed by atoms with Crippen LogP contribution in [0.4, 0.5) is 0 Å².